The molecule has 1 amide bonds. The van der Waals surface area contributed by atoms with Crippen molar-refractivity contribution in [2.24, 2.45) is 11.0 Å². The fourth-order valence-corrected chi connectivity index (χ4v) is 3.79. The highest BCUT2D eigenvalue weighted by molar-refractivity contribution is 7.98. The number of fused-ring (bicyclic) bond motifs is 1. The van der Waals surface area contributed by atoms with E-state index in [0.717, 1.165) is 33.9 Å². The van der Waals surface area contributed by atoms with E-state index in [-0.39, 0.29) is 11.8 Å². The summed E-state index contributed by atoms with van der Waals surface area (Å²) in [4.78, 5) is 16.0. The summed E-state index contributed by atoms with van der Waals surface area (Å²) in [6, 6.07) is 13.8. The van der Waals surface area contributed by atoms with Gasteiger partial charge in [0.2, 0.25) is 5.91 Å². The quantitative estimate of drug-likeness (QED) is 0.676. The summed E-state index contributed by atoms with van der Waals surface area (Å²) in [6.07, 6.45) is 0.443. The van der Waals surface area contributed by atoms with Crippen LogP contribution in [0.25, 0.3) is 11.1 Å². The summed E-state index contributed by atoms with van der Waals surface area (Å²) in [5.74, 6) is 1.63. The highest BCUT2D eigenvalue weighted by atomic mass is 32.2. The van der Waals surface area contributed by atoms with Gasteiger partial charge in [-0.15, -0.1) is 0 Å². The summed E-state index contributed by atoms with van der Waals surface area (Å²) in [5.41, 5.74) is 7.07. The molecule has 3 aromatic rings. The lowest BCUT2D eigenvalue weighted by atomic mass is 9.94. The Morgan fingerprint density at radius 1 is 1.26 bits per heavy atom. The molecule has 2 heterocycles. The number of methoxy groups -OCH3 is 1. The van der Waals surface area contributed by atoms with Crippen LogP contribution >= 0.6 is 11.8 Å². The van der Waals surface area contributed by atoms with Crippen molar-refractivity contribution in [3.05, 3.63) is 53.6 Å². The molecule has 1 N–H and O–H groups in total. The number of aromatic nitrogens is 1. The van der Waals surface area contributed by atoms with E-state index in [9.17, 15) is 4.79 Å². The van der Waals surface area contributed by atoms with Gasteiger partial charge < -0.3 is 9.15 Å². The number of hydrogen-bond acceptors (Lipinski definition) is 6. The van der Waals surface area contributed by atoms with Crippen molar-refractivity contribution in [2.45, 2.75) is 24.3 Å². The molecule has 1 aromatic heterocycles. The van der Waals surface area contributed by atoms with Crippen molar-refractivity contribution < 1.29 is 13.9 Å². The van der Waals surface area contributed by atoms with Gasteiger partial charge >= 0.3 is 0 Å². The predicted molar refractivity (Wildman–Crippen MR) is 105 cm³/mol. The van der Waals surface area contributed by atoms with Gasteiger partial charge in [-0.1, -0.05) is 30.8 Å². The molecular formula is C20H19N3O3S. The third kappa shape index (κ3) is 3.83. The number of nitrogens with one attached hydrogen (secondary N) is 1. The Kier molecular flexibility index (Phi) is 4.85. The molecule has 27 heavy (non-hydrogen) atoms. The number of oxazole rings is 1. The van der Waals surface area contributed by atoms with Gasteiger partial charge in [0.15, 0.2) is 5.58 Å². The number of hydrogen-bond donors (Lipinski definition) is 1. The molecule has 4 rings (SSSR count). The SMILES string of the molecule is COc1ccc(CSc2nc3cc(C4=NNC(=O)CC4C)ccc3o2)cc1. The maximum Gasteiger partial charge on any atom is 0.257 e. The number of ether oxygens (including phenoxy) is 1. The first-order valence-electron chi connectivity index (χ1n) is 8.65. The molecule has 0 aliphatic carbocycles. The molecule has 1 unspecified atom stereocenters. The van der Waals surface area contributed by atoms with Crippen LogP contribution in [0.15, 0.2) is 57.2 Å². The van der Waals surface area contributed by atoms with Crippen molar-refractivity contribution in [1.29, 1.82) is 0 Å². The van der Waals surface area contributed by atoms with Crippen LogP contribution in [-0.4, -0.2) is 23.7 Å². The lowest BCUT2D eigenvalue weighted by Gasteiger charge is -2.18. The van der Waals surface area contributed by atoms with E-state index >= 15 is 0 Å². The molecule has 1 aliphatic heterocycles. The number of rotatable bonds is 5. The van der Waals surface area contributed by atoms with Gasteiger partial charge in [-0.05, 0) is 35.9 Å². The summed E-state index contributed by atoms with van der Waals surface area (Å²) in [6.45, 7) is 2.00. The van der Waals surface area contributed by atoms with Crippen molar-refractivity contribution in [1.82, 2.24) is 10.4 Å². The van der Waals surface area contributed by atoms with Crippen LogP contribution in [0.2, 0.25) is 0 Å². The molecule has 0 fully saturated rings. The van der Waals surface area contributed by atoms with Gasteiger partial charge in [0, 0.05) is 23.7 Å². The molecule has 2 aromatic carbocycles. The zero-order chi connectivity index (χ0) is 18.8. The lowest BCUT2D eigenvalue weighted by Crippen LogP contribution is -2.31. The first-order valence-corrected chi connectivity index (χ1v) is 9.64. The second kappa shape index (κ2) is 7.44. The molecule has 138 valence electrons. The largest absolute Gasteiger partial charge is 0.497 e. The molecule has 0 saturated heterocycles. The zero-order valence-corrected chi connectivity index (χ0v) is 15.9. The Morgan fingerprint density at radius 3 is 2.81 bits per heavy atom. The van der Waals surface area contributed by atoms with Crippen molar-refractivity contribution in [3.63, 3.8) is 0 Å². The minimum absolute atomic E-state index is 0.0500. The van der Waals surface area contributed by atoms with E-state index in [2.05, 4.69) is 15.5 Å². The maximum atomic E-state index is 11.4. The Labute approximate surface area is 161 Å². The third-order valence-electron chi connectivity index (χ3n) is 4.44. The van der Waals surface area contributed by atoms with Crippen molar-refractivity contribution >= 4 is 34.5 Å². The molecule has 0 bridgehead atoms. The Balaban J connectivity index is 1.51. The van der Waals surface area contributed by atoms with Gasteiger partial charge in [-0.3, -0.25) is 4.79 Å². The molecular weight excluding hydrogens is 362 g/mol. The predicted octanol–water partition coefficient (Wildman–Crippen LogP) is 3.99. The minimum atomic E-state index is -0.0500. The third-order valence-corrected chi connectivity index (χ3v) is 5.34. The molecule has 0 radical (unpaired) electrons. The smallest absolute Gasteiger partial charge is 0.257 e. The van der Waals surface area contributed by atoms with Crippen LogP contribution in [0.5, 0.6) is 5.75 Å². The number of hydrazone groups is 1. The number of carbonyl (C=O) groups is 1. The van der Waals surface area contributed by atoms with Crippen molar-refractivity contribution in [2.75, 3.05) is 7.11 Å². The van der Waals surface area contributed by atoms with E-state index in [4.69, 9.17) is 9.15 Å². The van der Waals surface area contributed by atoms with E-state index in [1.54, 1.807) is 18.9 Å². The molecule has 6 nitrogen and oxygen atoms in total. The van der Waals surface area contributed by atoms with Gasteiger partial charge in [-0.25, -0.2) is 10.4 Å². The number of amides is 1. The average molecular weight is 381 g/mol. The molecule has 7 heteroatoms. The summed E-state index contributed by atoms with van der Waals surface area (Å²) in [7, 11) is 1.66. The summed E-state index contributed by atoms with van der Waals surface area (Å²) < 4.78 is 11.0. The summed E-state index contributed by atoms with van der Waals surface area (Å²) in [5, 5.41) is 4.84. The monoisotopic (exact) mass is 381 g/mol. The van der Waals surface area contributed by atoms with Crippen LogP contribution in [0, 0.1) is 5.92 Å². The Morgan fingerprint density at radius 2 is 2.07 bits per heavy atom. The van der Waals surface area contributed by atoms with Crippen LogP contribution in [0.1, 0.15) is 24.5 Å². The zero-order valence-electron chi connectivity index (χ0n) is 15.1. The van der Waals surface area contributed by atoms with Gasteiger partial charge in [0.25, 0.3) is 5.22 Å². The molecule has 1 atom stereocenters. The average Bonchev–Trinajstić information content (AvgIpc) is 3.09. The second-order valence-electron chi connectivity index (χ2n) is 6.44. The Hall–Kier alpha value is -2.80. The topological polar surface area (TPSA) is 76.7 Å². The van der Waals surface area contributed by atoms with E-state index in [1.165, 1.54) is 5.56 Å². The van der Waals surface area contributed by atoms with Gasteiger partial charge in [0.05, 0.1) is 12.8 Å². The fraction of sp³-hybridized carbons (Fsp3) is 0.250. The molecule has 0 spiro atoms. The van der Waals surface area contributed by atoms with E-state index in [1.807, 2.05) is 49.4 Å². The fourth-order valence-electron chi connectivity index (χ4n) is 3.00. The van der Waals surface area contributed by atoms with Crippen LogP contribution in [0.4, 0.5) is 0 Å². The normalized spacial score (nSPS) is 16.9. The first-order chi connectivity index (χ1) is 13.1. The van der Waals surface area contributed by atoms with Crippen LogP contribution in [-0.2, 0) is 10.5 Å². The second-order valence-corrected chi connectivity index (χ2v) is 7.36. The molecule has 1 aliphatic rings. The number of carbonyl (C=O) groups excluding carboxylic acids is 1. The highest BCUT2D eigenvalue weighted by Crippen LogP contribution is 2.28. The Bertz CT molecular complexity index is 1010. The number of nitrogens with zero attached hydrogens (tertiary/aromatic N) is 2. The first kappa shape index (κ1) is 17.6. The standard InChI is InChI=1S/C20H19N3O3S/c1-12-9-18(24)22-23-19(12)14-5-8-17-16(10-14)21-20(26-17)27-11-13-3-6-15(25-2)7-4-13/h3-8,10,12H,9,11H2,1-2H3,(H,22,24). The lowest BCUT2D eigenvalue weighted by molar-refractivity contribution is -0.121. The van der Waals surface area contributed by atoms with E-state index in [0.29, 0.717) is 11.6 Å². The molecule has 0 saturated carbocycles. The van der Waals surface area contributed by atoms with Gasteiger partial charge in [0.1, 0.15) is 11.3 Å². The number of benzene rings is 2. The minimum Gasteiger partial charge on any atom is -0.497 e. The van der Waals surface area contributed by atoms with Gasteiger partial charge in [-0.2, -0.15) is 5.10 Å². The summed E-state index contributed by atoms with van der Waals surface area (Å²) >= 11 is 1.55. The van der Waals surface area contributed by atoms with Crippen molar-refractivity contribution in [3.8, 4) is 5.75 Å². The maximum absolute atomic E-state index is 11.4. The van der Waals surface area contributed by atoms with Crippen LogP contribution in [0.3, 0.4) is 0 Å². The highest BCUT2D eigenvalue weighted by Gasteiger charge is 2.22. The van der Waals surface area contributed by atoms with Crippen LogP contribution < -0.4 is 10.2 Å². The van der Waals surface area contributed by atoms with E-state index < -0.39 is 0 Å². The number of thioether (sulfide) groups is 1.